The molecule has 1 aromatic heterocycles. The minimum Gasteiger partial charge on any atom is -0.376 e. The molecule has 4 rings (SSSR count). The van der Waals surface area contributed by atoms with Gasteiger partial charge >= 0.3 is 0 Å². The van der Waals surface area contributed by atoms with Gasteiger partial charge in [-0.1, -0.05) is 0 Å². The number of H-pyrrole nitrogens is 1. The minimum absolute atomic E-state index is 0.0347. The fraction of sp³-hybridized carbons (Fsp3) is 0.737. The summed E-state index contributed by atoms with van der Waals surface area (Å²) < 4.78 is 6.21. The van der Waals surface area contributed by atoms with Gasteiger partial charge in [-0.2, -0.15) is 5.10 Å². The molecule has 3 fully saturated rings. The zero-order valence-corrected chi connectivity index (χ0v) is 15.1. The summed E-state index contributed by atoms with van der Waals surface area (Å²) in [5.41, 5.74) is 0.501. The lowest BCUT2D eigenvalue weighted by Gasteiger charge is -2.38. The van der Waals surface area contributed by atoms with E-state index in [1.165, 1.54) is 18.9 Å². The molecule has 0 aromatic carbocycles. The van der Waals surface area contributed by atoms with E-state index in [-0.39, 0.29) is 23.6 Å². The highest BCUT2D eigenvalue weighted by Crippen LogP contribution is 2.36. The Morgan fingerprint density at radius 3 is 2.77 bits per heavy atom. The first-order valence-electron chi connectivity index (χ1n) is 9.83. The number of fused-ring (bicyclic) bond motifs is 1. The monoisotopic (exact) mass is 360 g/mol. The number of amides is 1. The van der Waals surface area contributed by atoms with Crippen LogP contribution in [-0.4, -0.2) is 47.9 Å². The first kappa shape index (κ1) is 17.7. The van der Waals surface area contributed by atoms with E-state index in [4.69, 9.17) is 4.74 Å². The molecular formula is C19H28N4O3. The lowest BCUT2D eigenvalue weighted by Crippen LogP contribution is -2.50. The van der Waals surface area contributed by atoms with Gasteiger partial charge in [0.2, 0.25) is 5.91 Å². The summed E-state index contributed by atoms with van der Waals surface area (Å²) in [6.45, 7) is 2.96. The molecule has 3 N–H and O–H groups in total. The maximum Gasteiger partial charge on any atom is 0.264 e. The third-order valence-corrected chi connectivity index (χ3v) is 5.95. The fourth-order valence-corrected chi connectivity index (χ4v) is 4.19. The highest BCUT2D eigenvalue weighted by atomic mass is 16.5. The van der Waals surface area contributed by atoms with Crippen molar-refractivity contribution in [3.63, 3.8) is 0 Å². The molecule has 2 heterocycles. The first-order valence-corrected chi connectivity index (χ1v) is 9.83. The van der Waals surface area contributed by atoms with E-state index < -0.39 is 0 Å². The molecular weight excluding hydrogens is 332 g/mol. The molecule has 4 atom stereocenters. The highest BCUT2D eigenvalue weighted by molar-refractivity contribution is 5.76. The number of aryl methyl sites for hydroxylation is 1. The second kappa shape index (κ2) is 7.88. The summed E-state index contributed by atoms with van der Waals surface area (Å²) in [6.07, 6.45) is 5.62. The smallest absolute Gasteiger partial charge is 0.264 e. The number of nitrogens with one attached hydrogen (secondary N) is 3. The Morgan fingerprint density at radius 1 is 1.23 bits per heavy atom. The van der Waals surface area contributed by atoms with E-state index in [1.54, 1.807) is 6.07 Å². The zero-order chi connectivity index (χ0) is 17.9. The summed E-state index contributed by atoms with van der Waals surface area (Å²) in [4.78, 5) is 23.5. The average molecular weight is 360 g/mol. The molecule has 0 spiro atoms. The summed E-state index contributed by atoms with van der Waals surface area (Å²) in [7, 11) is 0. The Labute approximate surface area is 153 Å². The molecule has 2 saturated carbocycles. The number of ether oxygens (including phenoxy) is 1. The summed E-state index contributed by atoms with van der Waals surface area (Å²) in [5.74, 6) is 2.09. The molecule has 26 heavy (non-hydrogen) atoms. The van der Waals surface area contributed by atoms with Gasteiger partial charge in [0.1, 0.15) is 0 Å². The number of rotatable bonds is 7. The quantitative estimate of drug-likeness (QED) is 0.662. The van der Waals surface area contributed by atoms with Gasteiger partial charge in [-0.05, 0) is 62.6 Å². The average Bonchev–Trinajstić information content (AvgIpc) is 3.36. The predicted molar refractivity (Wildman–Crippen MR) is 96.7 cm³/mol. The first-order chi connectivity index (χ1) is 12.7. The second-order valence-corrected chi connectivity index (χ2v) is 8.05. The van der Waals surface area contributed by atoms with Crippen molar-refractivity contribution >= 4 is 5.91 Å². The van der Waals surface area contributed by atoms with Gasteiger partial charge < -0.3 is 15.4 Å². The predicted octanol–water partition coefficient (Wildman–Crippen LogP) is 0.612. The van der Waals surface area contributed by atoms with E-state index in [2.05, 4.69) is 20.8 Å². The van der Waals surface area contributed by atoms with Crippen LogP contribution < -0.4 is 16.2 Å². The van der Waals surface area contributed by atoms with Gasteiger partial charge in [-0.15, -0.1) is 0 Å². The summed E-state index contributed by atoms with van der Waals surface area (Å²) in [6, 6.07) is 3.21. The van der Waals surface area contributed by atoms with Crippen molar-refractivity contribution in [1.29, 1.82) is 0 Å². The van der Waals surface area contributed by atoms with E-state index >= 15 is 0 Å². The Morgan fingerprint density at radius 2 is 2.04 bits per heavy atom. The Bertz CT molecular complexity index is 667. The molecule has 1 aromatic rings. The molecule has 7 heteroatoms. The standard InChI is InChI=1S/C19H28N4O3/c24-18(5-3-15-4-6-19(25)23-22-15)21-16-7-13-9-20-10-14(13)8-17(16)26-11-12-1-2-12/h4,6,12-14,16-17,20H,1-3,5,7-11H2,(H,21,24)(H,23,25)/t13-,14+,16-,17-/m0/s1. The highest BCUT2D eigenvalue weighted by Gasteiger charge is 2.41. The normalized spacial score (nSPS) is 30.8. The van der Waals surface area contributed by atoms with Gasteiger partial charge in [0, 0.05) is 25.5 Å². The van der Waals surface area contributed by atoms with E-state index in [1.807, 2.05) is 0 Å². The summed E-state index contributed by atoms with van der Waals surface area (Å²) in [5, 5.41) is 13.1. The SMILES string of the molecule is O=C(CCc1ccc(=O)[nH]n1)N[C@H]1C[C@H]2CNC[C@H]2C[C@@H]1OCC1CC1. The van der Waals surface area contributed by atoms with Gasteiger partial charge in [-0.25, -0.2) is 5.10 Å². The fourth-order valence-electron chi connectivity index (χ4n) is 4.19. The Balaban J connectivity index is 1.31. The van der Waals surface area contributed by atoms with Crippen LogP contribution in [0.5, 0.6) is 0 Å². The van der Waals surface area contributed by atoms with Crippen molar-refractivity contribution in [3.05, 3.63) is 28.2 Å². The zero-order valence-electron chi connectivity index (χ0n) is 15.1. The van der Waals surface area contributed by atoms with Gasteiger partial charge in [0.05, 0.1) is 17.8 Å². The maximum atomic E-state index is 12.5. The molecule has 7 nitrogen and oxygen atoms in total. The van der Waals surface area contributed by atoms with Gasteiger partial charge in [0.15, 0.2) is 0 Å². The van der Waals surface area contributed by atoms with Crippen LogP contribution in [0.15, 0.2) is 16.9 Å². The maximum absolute atomic E-state index is 12.5. The number of aromatic nitrogens is 2. The molecule has 0 bridgehead atoms. The summed E-state index contributed by atoms with van der Waals surface area (Å²) >= 11 is 0. The molecule has 0 unspecified atom stereocenters. The number of hydrogen-bond acceptors (Lipinski definition) is 5. The van der Waals surface area contributed by atoms with Crippen LogP contribution in [-0.2, 0) is 16.0 Å². The molecule has 1 saturated heterocycles. The lowest BCUT2D eigenvalue weighted by atomic mass is 9.77. The van der Waals surface area contributed by atoms with Crippen molar-refractivity contribution in [2.24, 2.45) is 17.8 Å². The largest absolute Gasteiger partial charge is 0.376 e. The van der Waals surface area contributed by atoms with Crippen molar-refractivity contribution < 1.29 is 9.53 Å². The molecule has 0 radical (unpaired) electrons. The van der Waals surface area contributed by atoms with E-state index in [0.717, 1.165) is 44.1 Å². The molecule has 142 valence electrons. The van der Waals surface area contributed by atoms with Crippen LogP contribution in [0, 0.1) is 17.8 Å². The van der Waals surface area contributed by atoms with Crippen LogP contribution in [0.25, 0.3) is 0 Å². The second-order valence-electron chi connectivity index (χ2n) is 8.05. The molecule has 3 aliphatic rings. The van der Waals surface area contributed by atoms with Crippen molar-refractivity contribution in [2.75, 3.05) is 19.7 Å². The van der Waals surface area contributed by atoms with Crippen molar-refractivity contribution in [2.45, 2.75) is 50.7 Å². The van der Waals surface area contributed by atoms with Crippen molar-refractivity contribution in [3.8, 4) is 0 Å². The minimum atomic E-state index is -0.226. The number of carbonyl (C=O) groups excluding carboxylic acids is 1. The van der Waals surface area contributed by atoms with Crippen LogP contribution in [0.4, 0.5) is 0 Å². The molecule has 1 aliphatic heterocycles. The van der Waals surface area contributed by atoms with E-state index in [0.29, 0.717) is 24.7 Å². The van der Waals surface area contributed by atoms with Gasteiger partial charge in [0.25, 0.3) is 5.56 Å². The topological polar surface area (TPSA) is 96.1 Å². The number of nitrogens with zero attached hydrogens (tertiary/aromatic N) is 1. The van der Waals surface area contributed by atoms with Crippen LogP contribution in [0.1, 0.15) is 37.8 Å². The van der Waals surface area contributed by atoms with Crippen LogP contribution in [0.2, 0.25) is 0 Å². The lowest BCUT2D eigenvalue weighted by molar-refractivity contribution is -0.124. The number of aromatic amines is 1. The third kappa shape index (κ3) is 4.51. The number of hydrogen-bond donors (Lipinski definition) is 3. The number of carbonyl (C=O) groups is 1. The van der Waals surface area contributed by atoms with Crippen LogP contribution in [0.3, 0.4) is 0 Å². The molecule has 2 aliphatic carbocycles. The molecule has 1 amide bonds. The third-order valence-electron chi connectivity index (χ3n) is 5.95. The van der Waals surface area contributed by atoms with Crippen LogP contribution >= 0.6 is 0 Å². The van der Waals surface area contributed by atoms with Crippen molar-refractivity contribution in [1.82, 2.24) is 20.8 Å². The Hall–Kier alpha value is -1.73. The van der Waals surface area contributed by atoms with Gasteiger partial charge in [-0.3, -0.25) is 9.59 Å². The van der Waals surface area contributed by atoms with E-state index in [9.17, 15) is 9.59 Å². The Kier molecular flexibility index (Phi) is 5.36.